The summed E-state index contributed by atoms with van der Waals surface area (Å²) >= 11 is 0. The fourth-order valence-corrected chi connectivity index (χ4v) is 0.902. The average Bonchev–Trinajstić information content (AvgIpc) is 2.48. The molecule has 0 saturated carbocycles. The second-order valence-corrected chi connectivity index (χ2v) is 2.78. The zero-order valence-electron chi connectivity index (χ0n) is 7.61. The van der Waals surface area contributed by atoms with E-state index in [4.69, 9.17) is 9.63 Å². The number of hydrogen-bond acceptors (Lipinski definition) is 4. The van der Waals surface area contributed by atoms with Crippen LogP contribution >= 0.6 is 0 Å². The van der Waals surface area contributed by atoms with Crippen LogP contribution in [0.2, 0.25) is 0 Å². The summed E-state index contributed by atoms with van der Waals surface area (Å²) in [7, 11) is 0. The third-order valence-electron chi connectivity index (χ3n) is 1.46. The van der Waals surface area contributed by atoms with E-state index >= 15 is 0 Å². The molecule has 1 aromatic rings. The first kappa shape index (κ1) is 10.2. The van der Waals surface area contributed by atoms with Crippen LogP contribution in [0.3, 0.4) is 0 Å². The first-order valence-electron chi connectivity index (χ1n) is 3.98. The summed E-state index contributed by atoms with van der Waals surface area (Å²) in [5, 5.41) is 14.1. The van der Waals surface area contributed by atoms with Crippen molar-refractivity contribution in [2.75, 3.05) is 6.54 Å². The summed E-state index contributed by atoms with van der Waals surface area (Å²) in [5.41, 5.74) is 0.491. The number of aliphatic carboxylic acids is 1. The van der Waals surface area contributed by atoms with Gasteiger partial charge in [0, 0.05) is 6.07 Å². The van der Waals surface area contributed by atoms with Gasteiger partial charge in [-0.05, 0) is 6.92 Å². The molecule has 2 N–H and O–H groups in total. The van der Waals surface area contributed by atoms with Crippen LogP contribution in [0.4, 0.5) is 0 Å². The Morgan fingerprint density at radius 1 is 1.64 bits per heavy atom. The van der Waals surface area contributed by atoms with Crippen molar-refractivity contribution < 1.29 is 19.2 Å². The first-order chi connectivity index (χ1) is 6.58. The predicted molar refractivity (Wildman–Crippen MR) is 45.6 cm³/mol. The van der Waals surface area contributed by atoms with Crippen molar-refractivity contribution in [3.05, 3.63) is 17.5 Å². The Hall–Kier alpha value is -1.85. The third kappa shape index (κ3) is 3.26. The minimum Gasteiger partial charge on any atom is -0.480 e. The van der Waals surface area contributed by atoms with Gasteiger partial charge in [-0.1, -0.05) is 5.16 Å². The van der Waals surface area contributed by atoms with Crippen LogP contribution in [0.25, 0.3) is 0 Å². The van der Waals surface area contributed by atoms with Gasteiger partial charge in [0.05, 0.1) is 12.1 Å². The van der Waals surface area contributed by atoms with Crippen molar-refractivity contribution in [3.8, 4) is 0 Å². The summed E-state index contributed by atoms with van der Waals surface area (Å²) in [6, 6.07) is 1.63. The maximum absolute atomic E-state index is 11.1. The molecule has 1 rings (SSSR count). The fourth-order valence-electron chi connectivity index (χ4n) is 0.902. The maximum Gasteiger partial charge on any atom is 0.322 e. The van der Waals surface area contributed by atoms with Crippen molar-refractivity contribution in [2.24, 2.45) is 0 Å². The van der Waals surface area contributed by atoms with Gasteiger partial charge in [0.2, 0.25) is 5.91 Å². The van der Waals surface area contributed by atoms with E-state index in [1.54, 1.807) is 13.0 Å². The highest BCUT2D eigenvalue weighted by Crippen LogP contribution is 2.01. The molecular weight excluding hydrogens is 188 g/mol. The summed E-state index contributed by atoms with van der Waals surface area (Å²) in [5.74, 6) is -0.846. The molecule has 0 unspecified atom stereocenters. The highest BCUT2D eigenvalue weighted by Gasteiger charge is 2.08. The van der Waals surface area contributed by atoms with E-state index in [2.05, 4.69) is 10.5 Å². The predicted octanol–water partition coefficient (Wildman–Crippen LogP) is -0.274. The van der Waals surface area contributed by atoms with Gasteiger partial charge >= 0.3 is 5.97 Å². The third-order valence-corrected chi connectivity index (χ3v) is 1.46. The van der Waals surface area contributed by atoms with Gasteiger partial charge in [-0.3, -0.25) is 9.59 Å². The number of carboxylic acids is 1. The van der Waals surface area contributed by atoms with E-state index in [1.807, 2.05) is 0 Å². The summed E-state index contributed by atoms with van der Waals surface area (Å²) in [6.07, 6.45) is 0.0324. The van der Waals surface area contributed by atoms with E-state index in [1.165, 1.54) is 0 Å². The van der Waals surface area contributed by atoms with Crippen molar-refractivity contribution in [3.63, 3.8) is 0 Å². The van der Waals surface area contributed by atoms with Crippen molar-refractivity contribution in [2.45, 2.75) is 13.3 Å². The van der Waals surface area contributed by atoms with E-state index in [0.717, 1.165) is 0 Å². The van der Waals surface area contributed by atoms with Gasteiger partial charge in [-0.25, -0.2) is 0 Å². The number of carbonyl (C=O) groups excluding carboxylic acids is 1. The number of aryl methyl sites for hydroxylation is 1. The highest BCUT2D eigenvalue weighted by molar-refractivity contribution is 5.82. The minimum absolute atomic E-state index is 0.0324. The van der Waals surface area contributed by atoms with E-state index < -0.39 is 5.97 Å². The molecule has 1 aromatic heterocycles. The lowest BCUT2D eigenvalue weighted by molar-refractivity contribution is -0.137. The van der Waals surface area contributed by atoms with Crippen LogP contribution < -0.4 is 5.32 Å². The number of aromatic nitrogens is 1. The molecule has 1 heterocycles. The Morgan fingerprint density at radius 3 is 2.86 bits per heavy atom. The molecule has 0 atom stereocenters. The molecule has 0 aromatic carbocycles. The summed E-state index contributed by atoms with van der Waals surface area (Å²) < 4.78 is 4.74. The molecule has 0 spiro atoms. The molecule has 6 nitrogen and oxygen atoms in total. The molecule has 0 bridgehead atoms. The lowest BCUT2D eigenvalue weighted by Gasteiger charge is -1.98. The number of nitrogens with one attached hydrogen (secondary N) is 1. The van der Waals surface area contributed by atoms with Crippen LogP contribution in [0, 0.1) is 6.92 Å². The molecule has 6 heteroatoms. The molecule has 0 fully saturated rings. The van der Waals surface area contributed by atoms with Gasteiger partial charge in [0.25, 0.3) is 0 Å². The normalized spacial score (nSPS) is 9.79. The molecule has 76 valence electrons. The molecular formula is C8H10N2O4. The zero-order valence-corrected chi connectivity index (χ0v) is 7.61. The Labute approximate surface area is 79.9 Å². The van der Waals surface area contributed by atoms with Gasteiger partial charge in [0.1, 0.15) is 12.3 Å². The number of rotatable bonds is 4. The molecule has 0 radical (unpaired) electrons. The summed E-state index contributed by atoms with van der Waals surface area (Å²) in [6.45, 7) is 1.33. The molecule has 1 amide bonds. The summed E-state index contributed by atoms with van der Waals surface area (Å²) in [4.78, 5) is 21.2. The van der Waals surface area contributed by atoms with Crippen LogP contribution in [-0.4, -0.2) is 28.7 Å². The van der Waals surface area contributed by atoms with Crippen molar-refractivity contribution in [1.29, 1.82) is 0 Å². The van der Waals surface area contributed by atoms with Crippen LogP contribution in [0.5, 0.6) is 0 Å². The number of nitrogens with zero attached hydrogens (tertiary/aromatic N) is 1. The number of amides is 1. The smallest absolute Gasteiger partial charge is 0.322 e. The van der Waals surface area contributed by atoms with Crippen molar-refractivity contribution >= 4 is 11.9 Å². The standard InChI is InChI=1S/C8H10N2O4/c1-5-2-6(10-14-5)3-7(11)9-4-8(12)13/h2H,3-4H2,1H3,(H,9,11)(H,12,13). The molecule has 0 aliphatic heterocycles. The first-order valence-corrected chi connectivity index (χ1v) is 3.98. The fraction of sp³-hybridized carbons (Fsp3) is 0.375. The Balaban J connectivity index is 2.37. The Bertz CT molecular complexity index is 345. The largest absolute Gasteiger partial charge is 0.480 e. The van der Waals surface area contributed by atoms with Crippen LogP contribution in [0.15, 0.2) is 10.6 Å². The lowest BCUT2D eigenvalue weighted by Crippen LogP contribution is -2.30. The zero-order chi connectivity index (χ0) is 10.6. The van der Waals surface area contributed by atoms with E-state index in [9.17, 15) is 9.59 Å². The van der Waals surface area contributed by atoms with Gasteiger partial charge in [0.15, 0.2) is 0 Å². The molecule has 0 aliphatic rings. The number of hydrogen-bond donors (Lipinski definition) is 2. The topological polar surface area (TPSA) is 92.4 Å². The maximum atomic E-state index is 11.1. The Kier molecular flexibility index (Phi) is 3.22. The number of carbonyl (C=O) groups is 2. The quantitative estimate of drug-likeness (QED) is 0.694. The van der Waals surface area contributed by atoms with E-state index in [0.29, 0.717) is 11.5 Å². The van der Waals surface area contributed by atoms with Crippen LogP contribution in [0.1, 0.15) is 11.5 Å². The van der Waals surface area contributed by atoms with E-state index in [-0.39, 0.29) is 18.9 Å². The molecule has 14 heavy (non-hydrogen) atoms. The second kappa shape index (κ2) is 4.40. The molecule has 0 aliphatic carbocycles. The minimum atomic E-state index is -1.07. The second-order valence-electron chi connectivity index (χ2n) is 2.78. The SMILES string of the molecule is Cc1cc(CC(=O)NCC(=O)O)no1. The average molecular weight is 198 g/mol. The van der Waals surface area contributed by atoms with Gasteiger partial charge in [-0.15, -0.1) is 0 Å². The molecule has 0 saturated heterocycles. The van der Waals surface area contributed by atoms with Gasteiger partial charge in [-0.2, -0.15) is 0 Å². The highest BCUT2D eigenvalue weighted by atomic mass is 16.5. The number of carboxylic acid groups (broad SMARTS) is 1. The monoisotopic (exact) mass is 198 g/mol. The van der Waals surface area contributed by atoms with Crippen LogP contribution in [-0.2, 0) is 16.0 Å². The Morgan fingerprint density at radius 2 is 2.36 bits per heavy atom. The lowest BCUT2D eigenvalue weighted by atomic mass is 10.3. The van der Waals surface area contributed by atoms with Crippen molar-refractivity contribution in [1.82, 2.24) is 10.5 Å². The van der Waals surface area contributed by atoms with Gasteiger partial charge < -0.3 is 14.9 Å².